The smallest absolute Gasteiger partial charge is 0.164 e. The van der Waals surface area contributed by atoms with Gasteiger partial charge in [0.2, 0.25) is 0 Å². The van der Waals surface area contributed by atoms with Gasteiger partial charge in [-0.05, 0) is 12.3 Å². The van der Waals surface area contributed by atoms with E-state index in [1.165, 1.54) is 0 Å². The van der Waals surface area contributed by atoms with Crippen LogP contribution < -0.4 is 0 Å². The molecular formula is C7H9NO2S. The second-order valence-electron chi connectivity index (χ2n) is 2.11. The van der Waals surface area contributed by atoms with Crippen molar-refractivity contribution >= 4 is 11.8 Å². The third kappa shape index (κ3) is 2.08. The topological polar surface area (TPSA) is 38.7 Å². The van der Waals surface area contributed by atoms with Crippen molar-refractivity contribution in [3.05, 3.63) is 29.2 Å². The summed E-state index contributed by atoms with van der Waals surface area (Å²) in [5, 5.41) is 2.62. The van der Waals surface area contributed by atoms with Crippen LogP contribution in [0.2, 0.25) is 0 Å². The van der Waals surface area contributed by atoms with E-state index in [4.69, 9.17) is 0 Å². The fraction of sp³-hybridized carbons (Fsp3) is 0.429. The molecule has 1 aliphatic carbocycles. The Morgan fingerprint density at radius 2 is 2.18 bits per heavy atom. The zero-order valence-corrected chi connectivity index (χ0v) is 6.95. The van der Waals surface area contributed by atoms with Gasteiger partial charge in [0.1, 0.15) is 0 Å². The normalized spacial score (nSPS) is 28.5. The van der Waals surface area contributed by atoms with E-state index in [9.17, 15) is 4.91 Å². The Bertz CT molecular complexity index is 191. The van der Waals surface area contributed by atoms with Gasteiger partial charge in [0.25, 0.3) is 0 Å². The maximum Gasteiger partial charge on any atom is 0.164 e. The molecule has 4 heteroatoms. The quantitative estimate of drug-likeness (QED) is 0.481. The zero-order valence-electron chi connectivity index (χ0n) is 6.14. The molecule has 0 spiro atoms. The van der Waals surface area contributed by atoms with Crippen molar-refractivity contribution in [1.82, 2.24) is 0 Å². The first-order valence-corrected chi connectivity index (χ1v) is 4.53. The predicted molar refractivity (Wildman–Crippen MR) is 46.3 cm³/mol. The molecule has 0 aromatic carbocycles. The molecule has 11 heavy (non-hydrogen) atoms. The van der Waals surface area contributed by atoms with Crippen LogP contribution >= 0.6 is 11.8 Å². The summed E-state index contributed by atoms with van der Waals surface area (Å²) >= 11 is 1.63. The first-order valence-electron chi connectivity index (χ1n) is 3.24. The average molecular weight is 171 g/mol. The third-order valence-electron chi connectivity index (χ3n) is 1.47. The van der Waals surface area contributed by atoms with Crippen LogP contribution in [0.3, 0.4) is 0 Å². The molecule has 60 valence electrons. The lowest BCUT2D eigenvalue weighted by Crippen LogP contribution is -2.21. The Balaban J connectivity index is 2.55. The van der Waals surface area contributed by atoms with Crippen LogP contribution in [-0.4, -0.2) is 17.6 Å². The molecule has 3 nitrogen and oxygen atoms in total. The van der Waals surface area contributed by atoms with Crippen LogP contribution in [0.15, 0.2) is 29.6 Å². The number of hydrogen-bond donors (Lipinski definition) is 0. The lowest BCUT2D eigenvalue weighted by Gasteiger charge is -2.17. The molecule has 0 amide bonds. The van der Waals surface area contributed by atoms with Crippen molar-refractivity contribution in [2.45, 2.75) is 11.4 Å². The number of thioether (sulfide) groups is 1. The van der Waals surface area contributed by atoms with Gasteiger partial charge in [-0.25, -0.2) is 0 Å². The van der Waals surface area contributed by atoms with Gasteiger partial charge in [-0.1, -0.05) is 18.2 Å². The van der Waals surface area contributed by atoms with Crippen LogP contribution in [-0.2, 0) is 4.84 Å². The predicted octanol–water partition coefficient (Wildman–Crippen LogP) is 1.91. The molecule has 1 rings (SSSR count). The third-order valence-corrected chi connectivity index (χ3v) is 2.44. The standard InChI is InChI=1S/C7H9NO2S/c1-11-7-5-3-2-4-6(7)10-8-9/h2-7H,1H3. The van der Waals surface area contributed by atoms with Crippen LogP contribution in [0, 0.1) is 4.91 Å². The Morgan fingerprint density at radius 3 is 2.82 bits per heavy atom. The SMILES string of the molecule is CSC1C=CC=CC1ON=O. The van der Waals surface area contributed by atoms with E-state index in [2.05, 4.69) is 10.2 Å². The van der Waals surface area contributed by atoms with Crippen LogP contribution in [0.1, 0.15) is 0 Å². The lowest BCUT2D eigenvalue weighted by molar-refractivity contribution is 0.0932. The largest absolute Gasteiger partial charge is 0.355 e. The van der Waals surface area contributed by atoms with Crippen molar-refractivity contribution in [3.8, 4) is 0 Å². The highest BCUT2D eigenvalue weighted by atomic mass is 32.2. The summed E-state index contributed by atoms with van der Waals surface area (Å²) in [6, 6.07) is 0. The van der Waals surface area contributed by atoms with Gasteiger partial charge in [0, 0.05) is 0 Å². The summed E-state index contributed by atoms with van der Waals surface area (Å²) in [5.74, 6) is 0. The highest BCUT2D eigenvalue weighted by Crippen LogP contribution is 2.20. The van der Waals surface area contributed by atoms with E-state index in [-0.39, 0.29) is 11.4 Å². The van der Waals surface area contributed by atoms with Gasteiger partial charge < -0.3 is 4.84 Å². The molecule has 1 aliphatic rings. The Labute approximate surface area is 69.4 Å². The van der Waals surface area contributed by atoms with E-state index >= 15 is 0 Å². The maximum absolute atomic E-state index is 9.80. The lowest BCUT2D eigenvalue weighted by atomic mass is 10.1. The van der Waals surface area contributed by atoms with Gasteiger partial charge in [-0.3, -0.25) is 0 Å². The van der Waals surface area contributed by atoms with Crippen molar-refractivity contribution < 1.29 is 4.84 Å². The summed E-state index contributed by atoms with van der Waals surface area (Å²) in [7, 11) is 0. The summed E-state index contributed by atoms with van der Waals surface area (Å²) in [6.07, 6.45) is 9.36. The maximum atomic E-state index is 9.80. The average Bonchev–Trinajstić information content (AvgIpc) is 2.06. The molecule has 0 heterocycles. The summed E-state index contributed by atoms with van der Waals surface area (Å²) < 4.78 is 0. The minimum absolute atomic E-state index is 0.201. The number of hydrogen-bond acceptors (Lipinski definition) is 4. The van der Waals surface area contributed by atoms with E-state index < -0.39 is 0 Å². The first-order chi connectivity index (χ1) is 5.38. The van der Waals surface area contributed by atoms with Gasteiger partial charge in [0.05, 0.1) is 5.25 Å². The van der Waals surface area contributed by atoms with Crippen LogP contribution in [0.25, 0.3) is 0 Å². The fourth-order valence-electron chi connectivity index (χ4n) is 0.924. The number of allylic oxidation sites excluding steroid dienone is 2. The minimum atomic E-state index is -0.201. The molecule has 0 saturated heterocycles. The van der Waals surface area contributed by atoms with E-state index in [1.54, 1.807) is 11.8 Å². The highest BCUT2D eigenvalue weighted by molar-refractivity contribution is 7.99. The molecule has 0 radical (unpaired) electrons. The highest BCUT2D eigenvalue weighted by Gasteiger charge is 2.19. The first kappa shape index (κ1) is 8.33. The van der Waals surface area contributed by atoms with E-state index in [0.717, 1.165) is 0 Å². The van der Waals surface area contributed by atoms with Crippen LogP contribution in [0.5, 0.6) is 0 Å². The summed E-state index contributed by atoms with van der Waals surface area (Å²) in [4.78, 5) is 14.4. The van der Waals surface area contributed by atoms with Crippen LogP contribution in [0.4, 0.5) is 0 Å². The molecule has 0 aromatic rings. The van der Waals surface area contributed by atoms with Gasteiger partial charge >= 0.3 is 0 Å². The molecule has 2 atom stereocenters. The van der Waals surface area contributed by atoms with Gasteiger partial charge in [-0.15, -0.1) is 4.91 Å². The molecular weight excluding hydrogens is 162 g/mol. The molecule has 2 unspecified atom stereocenters. The number of nitrogens with zero attached hydrogens (tertiary/aromatic N) is 1. The van der Waals surface area contributed by atoms with E-state index in [1.807, 2.05) is 30.6 Å². The summed E-state index contributed by atoms with van der Waals surface area (Å²) in [5.41, 5.74) is 0. The Kier molecular flexibility index (Phi) is 3.16. The van der Waals surface area contributed by atoms with E-state index in [0.29, 0.717) is 0 Å². The molecule has 0 fully saturated rings. The molecule has 0 saturated carbocycles. The second kappa shape index (κ2) is 4.18. The second-order valence-corrected chi connectivity index (χ2v) is 3.13. The molecule has 0 bridgehead atoms. The fourth-order valence-corrected chi connectivity index (χ4v) is 1.58. The van der Waals surface area contributed by atoms with Gasteiger partial charge in [0.15, 0.2) is 11.4 Å². The van der Waals surface area contributed by atoms with Crippen molar-refractivity contribution in [3.63, 3.8) is 0 Å². The molecule has 0 aliphatic heterocycles. The van der Waals surface area contributed by atoms with Crippen molar-refractivity contribution in [2.24, 2.45) is 5.34 Å². The Hall–Kier alpha value is -0.770. The Morgan fingerprint density at radius 1 is 1.45 bits per heavy atom. The van der Waals surface area contributed by atoms with Crippen molar-refractivity contribution in [2.75, 3.05) is 6.26 Å². The summed E-state index contributed by atoms with van der Waals surface area (Å²) in [6.45, 7) is 0. The minimum Gasteiger partial charge on any atom is -0.355 e. The monoisotopic (exact) mass is 171 g/mol. The molecule has 0 aromatic heterocycles. The van der Waals surface area contributed by atoms with Gasteiger partial charge in [-0.2, -0.15) is 11.8 Å². The molecule has 0 N–H and O–H groups in total. The van der Waals surface area contributed by atoms with Crippen molar-refractivity contribution in [1.29, 1.82) is 0 Å². The zero-order chi connectivity index (χ0) is 8.10. The number of rotatable bonds is 3.